The maximum atomic E-state index is 9.35. The Kier molecular flexibility index (Phi) is 15.1. The molecule has 0 aromatic carbocycles. The summed E-state index contributed by atoms with van der Waals surface area (Å²) in [6.45, 7) is 4.58. The number of aliphatic hydroxyl groups excluding tert-OH is 2. The molecule has 0 saturated carbocycles. The van der Waals surface area contributed by atoms with Crippen LogP contribution in [0.4, 0.5) is 17.5 Å². The predicted molar refractivity (Wildman–Crippen MR) is 324 cm³/mol. The molecule has 3 fully saturated rings. The second-order valence-electron chi connectivity index (χ2n) is 22.4. The van der Waals surface area contributed by atoms with E-state index in [-0.39, 0.29) is 32.5 Å². The van der Waals surface area contributed by atoms with Crippen molar-refractivity contribution in [1.29, 1.82) is 21.0 Å². The molecular formula is C57H57N31O4. The van der Waals surface area contributed by atoms with Crippen molar-refractivity contribution in [3.63, 3.8) is 0 Å². The molecule has 3 aliphatic rings. The number of nitrogens with two attached hydrogens (primary N) is 3. The summed E-state index contributed by atoms with van der Waals surface area (Å²) in [6, 6.07) is 17.6. The van der Waals surface area contributed by atoms with Gasteiger partial charge in [-0.2, -0.15) is 77.1 Å². The van der Waals surface area contributed by atoms with Crippen LogP contribution in [0.1, 0.15) is 36.3 Å². The first kappa shape index (κ1) is 59.0. The molecule has 0 atom stereocenters. The van der Waals surface area contributed by atoms with E-state index in [0.717, 1.165) is 22.2 Å². The summed E-state index contributed by atoms with van der Waals surface area (Å²) in [5.74, 6) is 0.909. The van der Waals surface area contributed by atoms with Crippen LogP contribution in [0.5, 0.6) is 0 Å². The summed E-state index contributed by atoms with van der Waals surface area (Å²) < 4.78 is 10.3. The van der Waals surface area contributed by atoms with Crippen LogP contribution < -0.4 is 17.2 Å². The summed E-state index contributed by atoms with van der Waals surface area (Å²) in [7, 11) is 3.20. The quantitative estimate of drug-likeness (QED) is 0.0644. The van der Waals surface area contributed by atoms with Gasteiger partial charge in [0.2, 0.25) is 0 Å². The Hall–Kier alpha value is -12.0. The zero-order chi connectivity index (χ0) is 64.1. The van der Waals surface area contributed by atoms with Gasteiger partial charge < -0.3 is 42.0 Å². The number of anilines is 3. The number of H-pyrrole nitrogens is 3. The number of aromatic nitrogens is 21. The second kappa shape index (κ2) is 23.5. The average Bonchev–Trinajstić information content (AvgIpc) is 1.56. The molecule has 12 aromatic heterocycles. The van der Waals surface area contributed by atoms with Crippen molar-refractivity contribution in [2.75, 3.05) is 70.7 Å². The number of hydrogen-bond acceptors (Lipinski definition) is 26. The Bertz CT molecular complexity index is 4690. The van der Waals surface area contributed by atoms with Crippen LogP contribution in [0, 0.1) is 52.4 Å². The lowest BCUT2D eigenvalue weighted by atomic mass is 9.87. The van der Waals surface area contributed by atoms with Crippen LogP contribution >= 0.6 is 0 Å². The Labute approximate surface area is 520 Å². The summed E-state index contributed by atoms with van der Waals surface area (Å²) in [4.78, 5) is 26.5. The number of nitrogen functional groups attached to an aromatic ring is 3. The highest BCUT2D eigenvalue weighted by Crippen LogP contribution is 2.40. The number of rotatable bonds is 16. The van der Waals surface area contributed by atoms with E-state index in [9.17, 15) is 26.0 Å². The number of aromatic amines is 3. The predicted octanol–water partition coefficient (Wildman–Crippen LogP) is 2.37. The Morgan fingerprint density at radius 1 is 0.500 bits per heavy atom. The van der Waals surface area contributed by atoms with E-state index in [1.807, 2.05) is 49.8 Å². The number of aryl methyl sites for hydroxylation is 1. The number of fused-ring (bicyclic) bond motifs is 3. The summed E-state index contributed by atoms with van der Waals surface area (Å²) >= 11 is 0. The minimum Gasteiger partial charge on any atom is -0.390 e. The first-order valence-corrected chi connectivity index (χ1v) is 28.4. The molecule has 0 bridgehead atoms. The highest BCUT2D eigenvalue weighted by Gasteiger charge is 2.49. The van der Waals surface area contributed by atoms with Crippen LogP contribution in [0.25, 0.3) is 84.5 Å². The fraction of sp³-hybridized carbons (Fsp3) is 0.298. The fourth-order valence-electron chi connectivity index (χ4n) is 11.5. The molecule has 15 rings (SSSR count). The van der Waals surface area contributed by atoms with Crippen LogP contribution in [-0.2, 0) is 39.5 Å². The normalized spacial score (nSPS) is 15.5. The number of hydrogen-bond donors (Lipinski definition) is 8. The van der Waals surface area contributed by atoms with Crippen LogP contribution in [0.2, 0.25) is 0 Å². The van der Waals surface area contributed by atoms with Crippen molar-refractivity contribution in [1.82, 2.24) is 119 Å². The van der Waals surface area contributed by atoms with Gasteiger partial charge in [-0.1, -0.05) is 0 Å². The molecule has 0 spiro atoms. The minimum atomic E-state index is -0.579. The Balaban J connectivity index is 0.000000126. The molecule has 3 aliphatic heterocycles. The van der Waals surface area contributed by atoms with Crippen molar-refractivity contribution in [2.24, 2.45) is 0 Å². The number of nitrogens with zero attached hydrogens (tertiary/aromatic N) is 25. The minimum absolute atomic E-state index is 0.150. The molecule has 12 aromatic rings. The van der Waals surface area contributed by atoms with Gasteiger partial charge in [-0.3, -0.25) is 29.3 Å². The largest absolute Gasteiger partial charge is 0.390 e. The summed E-state index contributed by atoms with van der Waals surface area (Å²) in [6.07, 6.45) is 18.7. The molecule has 92 heavy (non-hydrogen) atoms. The van der Waals surface area contributed by atoms with Crippen molar-refractivity contribution in [3.05, 3.63) is 109 Å². The molecule has 35 nitrogen and oxygen atoms in total. The van der Waals surface area contributed by atoms with Gasteiger partial charge in [0.05, 0.1) is 186 Å². The zero-order valence-electron chi connectivity index (χ0n) is 49.6. The number of hydroxylamine groups is 4. The molecule has 0 unspecified atom stereocenters. The first-order chi connectivity index (χ1) is 44.7. The van der Waals surface area contributed by atoms with Crippen LogP contribution in [0.3, 0.4) is 0 Å². The van der Waals surface area contributed by atoms with E-state index in [4.69, 9.17) is 47.1 Å². The van der Waals surface area contributed by atoms with Gasteiger partial charge in [0, 0.05) is 24.3 Å². The van der Waals surface area contributed by atoms with Crippen LogP contribution in [0.15, 0.2) is 92.2 Å². The number of aliphatic hydroxyl groups is 2. The molecule has 464 valence electrons. The molecule has 35 heteroatoms. The number of likely N-dealkylation sites (tertiary alicyclic amines) is 1. The van der Waals surface area contributed by atoms with E-state index in [1.54, 1.807) is 106 Å². The van der Waals surface area contributed by atoms with Crippen molar-refractivity contribution in [3.8, 4) is 92.3 Å². The van der Waals surface area contributed by atoms with Gasteiger partial charge in [-0.25, -0.2) is 28.5 Å². The Morgan fingerprint density at radius 3 is 1.15 bits per heavy atom. The van der Waals surface area contributed by atoms with E-state index < -0.39 is 16.6 Å². The lowest BCUT2D eigenvalue weighted by Gasteiger charge is -2.47. The van der Waals surface area contributed by atoms with Gasteiger partial charge in [-0.15, -0.1) is 0 Å². The van der Waals surface area contributed by atoms with E-state index in [1.165, 1.54) is 0 Å². The average molecular weight is 1240 g/mol. The lowest BCUT2D eigenvalue weighted by molar-refractivity contribution is -0.226. The van der Waals surface area contributed by atoms with Crippen molar-refractivity contribution >= 4 is 34.0 Å². The van der Waals surface area contributed by atoms with Gasteiger partial charge in [0.15, 0.2) is 23.6 Å². The number of nitriles is 4. The van der Waals surface area contributed by atoms with E-state index in [0.29, 0.717) is 136 Å². The smallest absolute Gasteiger partial charge is 0.179 e. The van der Waals surface area contributed by atoms with Crippen molar-refractivity contribution in [2.45, 2.75) is 56.0 Å². The Morgan fingerprint density at radius 2 is 0.848 bits per heavy atom. The van der Waals surface area contributed by atoms with Gasteiger partial charge in [0.25, 0.3) is 0 Å². The standard InChI is InChI=1S/C19H17N11.2C19H20N10O2/c1-12-6-14(26-25-12)15-8-29-16(2-5-23-29)17(24-15)13-7-30(27-18(13)22)19(3-4-20)9-28(10-19)11-21;2*1-31-27-10-19(11-27,3-4-20)29-7-13(18(21)26-29)17-16-2-5-22-28(16)8-15(23-17)14-6-12(9-30)24-25-14/h2,5-8H,3,9-10H2,1H3,(H2,22,27)(H,25,26);2*2,5-8,30H,3,9-11H2,1H3,(H2,21,26)(H,24,25). The summed E-state index contributed by atoms with van der Waals surface area (Å²) in [5, 5.41) is 107. The topological polar surface area (TPSA) is 472 Å². The van der Waals surface area contributed by atoms with E-state index in [2.05, 4.69) is 85.6 Å². The number of nitrogens with one attached hydrogen (secondary N) is 3. The highest BCUT2D eigenvalue weighted by molar-refractivity contribution is 5.86. The zero-order valence-corrected chi connectivity index (χ0v) is 49.6. The molecule has 3 saturated heterocycles. The highest BCUT2D eigenvalue weighted by atomic mass is 16.7. The molecule has 0 amide bonds. The van der Waals surface area contributed by atoms with Gasteiger partial charge in [-0.05, 0) is 43.3 Å². The van der Waals surface area contributed by atoms with Gasteiger partial charge in [0.1, 0.15) is 67.9 Å². The monoisotopic (exact) mass is 1240 g/mol. The maximum Gasteiger partial charge on any atom is 0.179 e. The summed E-state index contributed by atoms with van der Waals surface area (Å²) in [5.41, 5.74) is 29.0. The molecule has 0 aliphatic carbocycles. The SMILES string of the molecule is CON1CC(CC#N)(n2cc(-c3nc(-c4cc(CO)[nH]n4)cn4nccc34)c(N)n2)C1.CON1CC(CC#N)(n2cc(-c3nc(-c4cc(CO)[nH]n4)cn4nccc34)c(N)n2)C1.Cc1cc(-c2cn3nccc3c(-c3cn(C4(CC#N)CN(C#N)C4)nc3N)n2)n[nH]1. The fourth-order valence-corrected chi connectivity index (χ4v) is 11.5. The molecular weight excluding hydrogens is 1180 g/mol. The maximum absolute atomic E-state index is 9.35. The van der Waals surface area contributed by atoms with Crippen LogP contribution in [-0.4, -0.2) is 182 Å². The van der Waals surface area contributed by atoms with Crippen molar-refractivity contribution < 1.29 is 19.9 Å². The molecule has 0 radical (unpaired) electrons. The third kappa shape index (κ3) is 10.4. The third-order valence-corrected chi connectivity index (χ3v) is 16.5. The molecule has 15 heterocycles. The van der Waals surface area contributed by atoms with E-state index >= 15 is 0 Å². The lowest BCUT2D eigenvalue weighted by Crippen LogP contribution is -2.62. The second-order valence-corrected chi connectivity index (χ2v) is 22.4. The first-order valence-electron chi connectivity index (χ1n) is 28.4. The third-order valence-electron chi connectivity index (χ3n) is 16.5. The van der Waals surface area contributed by atoms with Gasteiger partial charge >= 0.3 is 0 Å². The molecule has 11 N–H and O–H groups in total.